The van der Waals surface area contributed by atoms with Gasteiger partial charge in [-0.15, -0.1) is 0 Å². The van der Waals surface area contributed by atoms with E-state index in [-0.39, 0.29) is 0 Å². The molecule has 112 valence electrons. The summed E-state index contributed by atoms with van der Waals surface area (Å²) < 4.78 is 2.01. The molecule has 4 heteroatoms. The van der Waals surface area contributed by atoms with E-state index in [0.717, 1.165) is 18.4 Å². The molecule has 0 aromatic carbocycles. The van der Waals surface area contributed by atoms with Crippen molar-refractivity contribution in [3.63, 3.8) is 0 Å². The van der Waals surface area contributed by atoms with E-state index in [0.29, 0.717) is 6.04 Å². The summed E-state index contributed by atoms with van der Waals surface area (Å²) in [5.41, 5.74) is 1.35. The molecule has 4 nitrogen and oxygen atoms in total. The highest BCUT2D eigenvalue weighted by molar-refractivity contribution is 5.02. The number of rotatable bonds is 6. The average Bonchev–Trinajstić information content (AvgIpc) is 3.20. The fraction of sp³-hybridized carbons (Fsp3) is 0.812. The average molecular weight is 276 g/mol. The van der Waals surface area contributed by atoms with E-state index in [2.05, 4.69) is 28.3 Å². The number of aryl methyl sites for hydroxylation is 1. The molecule has 1 saturated carbocycles. The van der Waals surface area contributed by atoms with Crippen molar-refractivity contribution in [1.82, 2.24) is 20.0 Å². The number of aromatic nitrogens is 2. The zero-order chi connectivity index (χ0) is 13.9. The molecule has 1 N–H and O–H groups in total. The van der Waals surface area contributed by atoms with Gasteiger partial charge in [0.05, 0.1) is 0 Å². The number of piperazine rings is 1. The Labute approximate surface area is 122 Å². The van der Waals surface area contributed by atoms with E-state index in [9.17, 15) is 0 Å². The van der Waals surface area contributed by atoms with Crippen molar-refractivity contribution < 1.29 is 0 Å². The maximum atomic E-state index is 4.28. The van der Waals surface area contributed by atoms with Crippen molar-refractivity contribution in [1.29, 1.82) is 0 Å². The maximum absolute atomic E-state index is 4.28. The molecule has 20 heavy (non-hydrogen) atoms. The monoisotopic (exact) mass is 276 g/mol. The quantitative estimate of drug-likeness (QED) is 0.860. The summed E-state index contributed by atoms with van der Waals surface area (Å²) >= 11 is 0. The van der Waals surface area contributed by atoms with E-state index >= 15 is 0 Å². The molecule has 2 atom stereocenters. The minimum Gasteiger partial charge on any atom is -0.311 e. The highest BCUT2D eigenvalue weighted by Gasteiger charge is 2.38. The Balaban J connectivity index is 1.59. The lowest BCUT2D eigenvalue weighted by Gasteiger charge is -2.41. The number of hydrogen-bond donors (Lipinski definition) is 1. The highest BCUT2D eigenvalue weighted by atomic mass is 15.3. The standard InChI is InChI=1S/C16H28N4/c1-3-4-14-12-20(16(11-17-14)13-5-6-13)10-8-15-7-9-18-19(15)2/h7,9,13-14,16-17H,3-6,8,10-12H2,1-2H3. The fourth-order valence-electron chi connectivity index (χ4n) is 3.55. The summed E-state index contributed by atoms with van der Waals surface area (Å²) in [5.74, 6) is 0.955. The summed E-state index contributed by atoms with van der Waals surface area (Å²) in [7, 11) is 2.05. The van der Waals surface area contributed by atoms with E-state index < -0.39 is 0 Å². The Morgan fingerprint density at radius 3 is 2.90 bits per heavy atom. The van der Waals surface area contributed by atoms with Crippen molar-refractivity contribution in [2.45, 2.75) is 51.1 Å². The number of hydrogen-bond acceptors (Lipinski definition) is 3. The normalized spacial score (nSPS) is 27.9. The summed E-state index contributed by atoms with van der Waals surface area (Å²) in [4.78, 5) is 2.75. The lowest BCUT2D eigenvalue weighted by molar-refractivity contribution is 0.112. The van der Waals surface area contributed by atoms with Crippen LogP contribution in [-0.2, 0) is 13.5 Å². The molecule has 3 rings (SSSR count). The second-order valence-electron chi connectivity index (χ2n) is 6.49. The zero-order valence-electron chi connectivity index (χ0n) is 12.9. The first-order chi connectivity index (χ1) is 9.78. The summed E-state index contributed by atoms with van der Waals surface area (Å²) in [6, 6.07) is 3.62. The lowest BCUT2D eigenvalue weighted by atomic mass is 10.0. The van der Waals surface area contributed by atoms with Crippen LogP contribution in [0, 0.1) is 5.92 Å². The minimum atomic E-state index is 0.696. The third kappa shape index (κ3) is 3.23. The van der Waals surface area contributed by atoms with Gasteiger partial charge in [-0.2, -0.15) is 5.10 Å². The van der Waals surface area contributed by atoms with Crippen molar-refractivity contribution in [2.24, 2.45) is 13.0 Å². The SMILES string of the molecule is CCCC1CN(CCc2ccnn2C)C(C2CC2)CN1. The third-order valence-corrected chi connectivity index (χ3v) is 4.92. The van der Waals surface area contributed by atoms with Crippen LogP contribution in [0.5, 0.6) is 0 Å². The Hall–Kier alpha value is -0.870. The third-order valence-electron chi connectivity index (χ3n) is 4.92. The molecule has 0 spiro atoms. The van der Waals surface area contributed by atoms with Crippen LogP contribution < -0.4 is 5.32 Å². The number of nitrogens with one attached hydrogen (secondary N) is 1. The largest absolute Gasteiger partial charge is 0.311 e. The van der Waals surface area contributed by atoms with Crippen LogP contribution in [0.2, 0.25) is 0 Å². The van der Waals surface area contributed by atoms with Crippen LogP contribution >= 0.6 is 0 Å². The zero-order valence-corrected chi connectivity index (χ0v) is 12.9. The molecule has 1 aromatic heterocycles. The number of nitrogens with zero attached hydrogens (tertiary/aromatic N) is 3. The van der Waals surface area contributed by atoms with E-state index in [1.807, 2.05) is 17.9 Å². The predicted molar refractivity (Wildman–Crippen MR) is 81.7 cm³/mol. The lowest BCUT2D eigenvalue weighted by Crippen LogP contribution is -2.57. The first-order valence-electron chi connectivity index (χ1n) is 8.22. The van der Waals surface area contributed by atoms with Crippen LogP contribution in [0.3, 0.4) is 0 Å². The molecule has 2 aliphatic rings. The minimum absolute atomic E-state index is 0.696. The molecular weight excluding hydrogens is 248 g/mol. The first kappa shape index (κ1) is 14.1. The molecule has 2 fully saturated rings. The fourth-order valence-corrected chi connectivity index (χ4v) is 3.55. The molecule has 0 radical (unpaired) electrons. The van der Waals surface area contributed by atoms with Gasteiger partial charge in [0, 0.05) is 57.1 Å². The Morgan fingerprint density at radius 2 is 2.25 bits per heavy atom. The van der Waals surface area contributed by atoms with Gasteiger partial charge in [0.1, 0.15) is 0 Å². The molecule has 2 heterocycles. The topological polar surface area (TPSA) is 33.1 Å². The van der Waals surface area contributed by atoms with Crippen molar-refractivity contribution in [3.8, 4) is 0 Å². The highest BCUT2D eigenvalue weighted by Crippen LogP contribution is 2.36. The molecular formula is C16H28N4. The molecule has 1 saturated heterocycles. The molecule has 1 aromatic rings. The predicted octanol–water partition coefficient (Wildman–Crippen LogP) is 1.82. The van der Waals surface area contributed by atoms with E-state index in [4.69, 9.17) is 0 Å². The van der Waals surface area contributed by atoms with Crippen molar-refractivity contribution >= 4 is 0 Å². The van der Waals surface area contributed by atoms with Gasteiger partial charge < -0.3 is 5.32 Å². The summed E-state index contributed by atoms with van der Waals surface area (Å²) in [5, 5.41) is 8.04. The van der Waals surface area contributed by atoms with Gasteiger partial charge in [-0.25, -0.2) is 0 Å². The first-order valence-corrected chi connectivity index (χ1v) is 8.22. The van der Waals surface area contributed by atoms with E-state index in [1.165, 1.54) is 51.0 Å². The molecule has 2 unspecified atom stereocenters. The van der Waals surface area contributed by atoms with Gasteiger partial charge in [0.15, 0.2) is 0 Å². The molecule has 0 amide bonds. The van der Waals surface area contributed by atoms with Gasteiger partial charge in [-0.1, -0.05) is 13.3 Å². The van der Waals surface area contributed by atoms with Crippen LogP contribution in [0.25, 0.3) is 0 Å². The van der Waals surface area contributed by atoms with Crippen LogP contribution in [-0.4, -0.2) is 46.4 Å². The Morgan fingerprint density at radius 1 is 1.40 bits per heavy atom. The Bertz CT molecular complexity index is 424. The molecule has 1 aliphatic carbocycles. The summed E-state index contributed by atoms with van der Waals surface area (Å²) in [6.45, 7) is 5.89. The summed E-state index contributed by atoms with van der Waals surface area (Å²) in [6.07, 6.45) is 8.49. The Kier molecular flexibility index (Phi) is 4.41. The van der Waals surface area contributed by atoms with Crippen molar-refractivity contribution in [3.05, 3.63) is 18.0 Å². The van der Waals surface area contributed by atoms with Crippen molar-refractivity contribution in [2.75, 3.05) is 19.6 Å². The van der Waals surface area contributed by atoms with Crippen LogP contribution in [0.15, 0.2) is 12.3 Å². The second kappa shape index (κ2) is 6.27. The van der Waals surface area contributed by atoms with Gasteiger partial charge in [0.2, 0.25) is 0 Å². The second-order valence-corrected chi connectivity index (χ2v) is 6.49. The van der Waals surface area contributed by atoms with Gasteiger partial charge >= 0.3 is 0 Å². The maximum Gasteiger partial charge on any atom is 0.0492 e. The molecule has 0 bridgehead atoms. The smallest absolute Gasteiger partial charge is 0.0492 e. The van der Waals surface area contributed by atoms with Crippen LogP contribution in [0.1, 0.15) is 38.3 Å². The van der Waals surface area contributed by atoms with Gasteiger partial charge in [0.25, 0.3) is 0 Å². The van der Waals surface area contributed by atoms with Gasteiger partial charge in [-0.05, 0) is 31.2 Å². The molecule has 1 aliphatic heterocycles. The van der Waals surface area contributed by atoms with Crippen LogP contribution in [0.4, 0.5) is 0 Å². The van der Waals surface area contributed by atoms with Gasteiger partial charge in [-0.3, -0.25) is 9.58 Å². The van der Waals surface area contributed by atoms with E-state index in [1.54, 1.807) is 0 Å².